The monoisotopic (exact) mass is 419 g/mol. The second-order valence-electron chi connectivity index (χ2n) is 8.57. The van der Waals surface area contributed by atoms with Gasteiger partial charge in [-0.2, -0.15) is 0 Å². The molecule has 0 amide bonds. The minimum atomic E-state index is 0.187. The first-order valence-electron chi connectivity index (χ1n) is 10.6. The van der Waals surface area contributed by atoms with E-state index in [0.29, 0.717) is 5.92 Å². The van der Waals surface area contributed by atoms with Gasteiger partial charge in [-0.15, -0.1) is 0 Å². The Labute approximate surface area is 181 Å². The van der Waals surface area contributed by atoms with Crippen molar-refractivity contribution in [3.05, 3.63) is 70.2 Å². The average molecular weight is 420 g/mol. The van der Waals surface area contributed by atoms with Crippen LogP contribution < -0.4 is 0 Å². The molecular weight excluding hydrogens is 394 g/mol. The predicted molar refractivity (Wildman–Crippen MR) is 121 cm³/mol. The van der Waals surface area contributed by atoms with Crippen LogP contribution in [0.3, 0.4) is 0 Å². The Morgan fingerprint density at radius 1 is 1.13 bits per heavy atom. The maximum absolute atomic E-state index is 6.35. The number of nitrogens with zero attached hydrogens (tertiary/aromatic N) is 4. The fourth-order valence-corrected chi connectivity index (χ4v) is 4.87. The van der Waals surface area contributed by atoms with Crippen LogP contribution in [-0.4, -0.2) is 31.4 Å². The van der Waals surface area contributed by atoms with E-state index in [4.69, 9.17) is 16.6 Å². The Hall–Kier alpha value is -2.66. The molecule has 5 nitrogen and oxygen atoms in total. The van der Waals surface area contributed by atoms with Crippen molar-refractivity contribution < 1.29 is 0 Å². The van der Waals surface area contributed by atoms with Crippen LogP contribution >= 0.6 is 11.6 Å². The van der Waals surface area contributed by atoms with E-state index < -0.39 is 0 Å². The van der Waals surface area contributed by atoms with Gasteiger partial charge in [-0.1, -0.05) is 24.1 Å². The van der Waals surface area contributed by atoms with E-state index in [1.54, 1.807) is 0 Å². The highest BCUT2D eigenvalue weighted by molar-refractivity contribution is 6.32. The highest BCUT2D eigenvalue weighted by Gasteiger charge is 2.37. The molecular formula is C24H26ClN5. The average Bonchev–Trinajstić information content (AvgIpc) is 3.31. The second kappa shape index (κ2) is 7.55. The topological polar surface area (TPSA) is 57.7 Å². The maximum atomic E-state index is 6.35. The van der Waals surface area contributed by atoms with Gasteiger partial charge in [0, 0.05) is 35.2 Å². The zero-order chi connectivity index (χ0) is 20.8. The van der Waals surface area contributed by atoms with Crippen LogP contribution in [0.5, 0.6) is 0 Å². The number of benzene rings is 1. The number of imidazole rings is 1. The van der Waals surface area contributed by atoms with Gasteiger partial charge in [0.25, 0.3) is 0 Å². The summed E-state index contributed by atoms with van der Waals surface area (Å²) in [7, 11) is 0. The molecule has 0 saturated carbocycles. The molecule has 2 atom stereocenters. The van der Waals surface area contributed by atoms with Crippen LogP contribution in [0.4, 0.5) is 0 Å². The third-order valence-electron chi connectivity index (χ3n) is 6.37. The number of allylic oxidation sites excluding steroid dienone is 3. The SMILES string of the molecule is CC1=CC(N2CC[C@H](C)[C@H]2c2nc3cc(Cl)c(C)cc3[nH]2)=C(c2ncccn2)CC1. The fraction of sp³-hybridized carbons (Fsp3) is 0.375. The first kappa shape index (κ1) is 19.3. The molecule has 1 aliphatic heterocycles. The summed E-state index contributed by atoms with van der Waals surface area (Å²) in [6.45, 7) is 7.55. The number of halogens is 1. The highest BCUT2D eigenvalue weighted by Crippen LogP contribution is 2.43. The summed E-state index contributed by atoms with van der Waals surface area (Å²) in [5.41, 5.74) is 6.91. The van der Waals surface area contributed by atoms with Crippen LogP contribution in [0.15, 0.2) is 47.9 Å². The van der Waals surface area contributed by atoms with Crippen LogP contribution in [0.1, 0.15) is 56.4 Å². The van der Waals surface area contributed by atoms with E-state index in [0.717, 1.165) is 59.1 Å². The lowest BCUT2D eigenvalue weighted by atomic mass is 9.94. The minimum Gasteiger partial charge on any atom is -0.361 e. The molecule has 3 heterocycles. The quantitative estimate of drug-likeness (QED) is 0.578. The molecule has 1 aliphatic carbocycles. The number of aryl methyl sites for hydroxylation is 1. The Morgan fingerprint density at radius 2 is 1.93 bits per heavy atom. The lowest BCUT2D eigenvalue weighted by Gasteiger charge is -2.32. The van der Waals surface area contributed by atoms with E-state index in [1.165, 1.54) is 16.8 Å². The second-order valence-corrected chi connectivity index (χ2v) is 8.98. The van der Waals surface area contributed by atoms with Crippen molar-refractivity contribution in [1.82, 2.24) is 24.8 Å². The molecule has 1 saturated heterocycles. The fourth-order valence-electron chi connectivity index (χ4n) is 4.71. The molecule has 1 N–H and O–H groups in total. The van der Waals surface area contributed by atoms with Crippen molar-refractivity contribution in [1.29, 1.82) is 0 Å². The number of hydrogen-bond donors (Lipinski definition) is 1. The lowest BCUT2D eigenvalue weighted by Crippen LogP contribution is -2.27. The van der Waals surface area contributed by atoms with Gasteiger partial charge in [-0.05, 0) is 68.9 Å². The van der Waals surface area contributed by atoms with Crippen LogP contribution in [0, 0.1) is 12.8 Å². The van der Waals surface area contributed by atoms with Crippen LogP contribution in [0.25, 0.3) is 16.6 Å². The molecule has 0 bridgehead atoms. The molecule has 0 spiro atoms. The van der Waals surface area contributed by atoms with Gasteiger partial charge in [0.2, 0.25) is 0 Å². The number of H-pyrrole nitrogens is 1. The Balaban J connectivity index is 1.61. The van der Waals surface area contributed by atoms with E-state index in [-0.39, 0.29) is 6.04 Å². The summed E-state index contributed by atoms with van der Waals surface area (Å²) in [5.74, 6) is 2.33. The van der Waals surface area contributed by atoms with E-state index in [9.17, 15) is 0 Å². The number of rotatable bonds is 3. The molecule has 6 heteroatoms. The van der Waals surface area contributed by atoms with Crippen molar-refractivity contribution in [3.8, 4) is 0 Å². The molecule has 3 aromatic rings. The molecule has 154 valence electrons. The maximum Gasteiger partial charge on any atom is 0.157 e. The summed E-state index contributed by atoms with van der Waals surface area (Å²) >= 11 is 6.35. The van der Waals surface area contributed by atoms with Crippen molar-refractivity contribution in [2.75, 3.05) is 6.54 Å². The zero-order valence-corrected chi connectivity index (χ0v) is 18.4. The third-order valence-corrected chi connectivity index (χ3v) is 6.77. The normalized spacial score (nSPS) is 22.1. The Morgan fingerprint density at radius 3 is 2.73 bits per heavy atom. The van der Waals surface area contributed by atoms with Gasteiger partial charge in [0.1, 0.15) is 5.82 Å². The first-order chi connectivity index (χ1) is 14.5. The van der Waals surface area contributed by atoms with Gasteiger partial charge in [-0.25, -0.2) is 15.0 Å². The molecule has 0 radical (unpaired) electrons. The third kappa shape index (κ3) is 3.31. The standard InChI is InChI=1S/C24H26ClN5/c1-14-5-6-17(23-26-8-4-9-27-23)21(11-14)30-10-7-15(2)22(30)24-28-19-12-16(3)18(25)13-20(19)29-24/h4,8-9,11-13,15,22H,5-7,10H2,1-3H3,(H,28,29)/t15-,22-/m0/s1. The molecule has 1 fully saturated rings. The molecule has 1 aromatic carbocycles. The Kier molecular flexibility index (Phi) is 4.86. The van der Waals surface area contributed by atoms with E-state index in [2.05, 4.69) is 45.8 Å². The number of fused-ring (bicyclic) bond motifs is 1. The largest absolute Gasteiger partial charge is 0.361 e. The van der Waals surface area contributed by atoms with Gasteiger partial charge >= 0.3 is 0 Å². The molecule has 5 rings (SSSR count). The van der Waals surface area contributed by atoms with Gasteiger partial charge in [-0.3, -0.25) is 0 Å². The lowest BCUT2D eigenvalue weighted by molar-refractivity contribution is 0.291. The number of nitrogens with one attached hydrogen (secondary N) is 1. The molecule has 0 unspecified atom stereocenters. The predicted octanol–water partition coefficient (Wildman–Crippen LogP) is 5.85. The highest BCUT2D eigenvalue weighted by atomic mass is 35.5. The van der Waals surface area contributed by atoms with Crippen molar-refractivity contribution >= 4 is 28.2 Å². The number of aromatic amines is 1. The molecule has 30 heavy (non-hydrogen) atoms. The molecule has 2 aromatic heterocycles. The van der Waals surface area contributed by atoms with E-state index >= 15 is 0 Å². The van der Waals surface area contributed by atoms with E-state index in [1.807, 2.05) is 31.5 Å². The number of hydrogen-bond acceptors (Lipinski definition) is 4. The zero-order valence-electron chi connectivity index (χ0n) is 17.6. The van der Waals surface area contributed by atoms with Crippen molar-refractivity contribution in [2.45, 2.75) is 46.1 Å². The number of aromatic nitrogens is 4. The summed E-state index contributed by atoms with van der Waals surface area (Å²) < 4.78 is 0. The summed E-state index contributed by atoms with van der Waals surface area (Å²) in [6, 6.07) is 6.11. The first-order valence-corrected chi connectivity index (χ1v) is 11.0. The minimum absolute atomic E-state index is 0.187. The Bertz CT molecular complexity index is 1120. The molecule has 2 aliphatic rings. The van der Waals surface area contributed by atoms with Gasteiger partial charge in [0.05, 0.1) is 17.1 Å². The van der Waals surface area contributed by atoms with Crippen molar-refractivity contribution in [3.63, 3.8) is 0 Å². The summed E-state index contributed by atoms with van der Waals surface area (Å²) in [5, 5.41) is 0.758. The van der Waals surface area contributed by atoms with Crippen LogP contribution in [0.2, 0.25) is 5.02 Å². The summed E-state index contributed by atoms with van der Waals surface area (Å²) in [4.78, 5) is 20.2. The smallest absolute Gasteiger partial charge is 0.157 e. The van der Waals surface area contributed by atoms with Crippen LogP contribution in [-0.2, 0) is 0 Å². The summed E-state index contributed by atoms with van der Waals surface area (Å²) in [6.07, 6.45) is 9.12. The van der Waals surface area contributed by atoms with Gasteiger partial charge < -0.3 is 9.88 Å². The van der Waals surface area contributed by atoms with Gasteiger partial charge in [0.15, 0.2) is 5.82 Å². The number of likely N-dealkylation sites (tertiary alicyclic amines) is 1. The van der Waals surface area contributed by atoms with Crippen molar-refractivity contribution in [2.24, 2.45) is 5.92 Å².